The summed E-state index contributed by atoms with van der Waals surface area (Å²) in [6.45, 7) is -0.0447. The van der Waals surface area contributed by atoms with Crippen LogP contribution in [0.5, 0.6) is 5.75 Å². The van der Waals surface area contributed by atoms with Crippen LogP contribution in [0.2, 0.25) is 0 Å². The zero-order valence-electron chi connectivity index (χ0n) is 10.1. The summed E-state index contributed by atoms with van der Waals surface area (Å²) < 4.78 is 56.5. The molecule has 0 aliphatic carbocycles. The highest BCUT2D eigenvalue weighted by Crippen LogP contribution is 2.29. The Morgan fingerprint density at radius 2 is 1.86 bits per heavy atom. The van der Waals surface area contributed by atoms with Gasteiger partial charge in [0.05, 0.1) is 0 Å². The monoisotopic (exact) mass is 318 g/mol. The lowest BCUT2D eigenvalue weighted by atomic mass is 10.3. The summed E-state index contributed by atoms with van der Waals surface area (Å²) in [5.74, 6) is -1.20. The topological polar surface area (TPSA) is 52.3 Å². The molecule has 3 rings (SSSR count). The molecule has 110 valence electrons. The van der Waals surface area contributed by atoms with Crippen molar-refractivity contribution in [2.45, 2.75) is 12.8 Å². The fourth-order valence-electron chi connectivity index (χ4n) is 1.57. The van der Waals surface area contributed by atoms with Gasteiger partial charge in [-0.2, -0.15) is 22.8 Å². The Morgan fingerprint density at radius 3 is 2.52 bits per heavy atom. The molecule has 0 bridgehead atoms. The SMILES string of the molecule is Fc1ccc(OCc2nn3c(C(F)(F)F)nnc3s2)cc1. The molecular weight excluding hydrogens is 312 g/mol. The van der Waals surface area contributed by atoms with E-state index in [-0.39, 0.29) is 11.6 Å². The van der Waals surface area contributed by atoms with Crippen LogP contribution in [0.4, 0.5) is 17.6 Å². The Bertz CT molecular complexity index is 765. The minimum atomic E-state index is -4.62. The van der Waals surface area contributed by atoms with E-state index in [4.69, 9.17) is 4.74 Å². The van der Waals surface area contributed by atoms with Gasteiger partial charge in [-0.05, 0) is 24.3 Å². The smallest absolute Gasteiger partial charge is 0.453 e. The summed E-state index contributed by atoms with van der Waals surface area (Å²) in [7, 11) is 0. The van der Waals surface area contributed by atoms with E-state index in [1.807, 2.05) is 0 Å². The first-order valence-electron chi connectivity index (χ1n) is 5.60. The van der Waals surface area contributed by atoms with Gasteiger partial charge in [0.1, 0.15) is 18.2 Å². The first-order chi connectivity index (χ1) is 9.93. The van der Waals surface area contributed by atoms with E-state index < -0.39 is 17.8 Å². The second-order valence-electron chi connectivity index (χ2n) is 3.95. The fourth-order valence-corrected chi connectivity index (χ4v) is 2.31. The van der Waals surface area contributed by atoms with Gasteiger partial charge in [0, 0.05) is 0 Å². The third kappa shape index (κ3) is 2.79. The van der Waals surface area contributed by atoms with Gasteiger partial charge < -0.3 is 4.74 Å². The maximum atomic E-state index is 12.7. The molecule has 0 atom stereocenters. The quantitative estimate of drug-likeness (QED) is 0.697. The van der Waals surface area contributed by atoms with Gasteiger partial charge in [0.25, 0.3) is 5.82 Å². The summed E-state index contributed by atoms with van der Waals surface area (Å²) in [5.41, 5.74) is 0. The van der Waals surface area contributed by atoms with E-state index in [0.29, 0.717) is 15.3 Å². The van der Waals surface area contributed by atoms with Gasteiger partial charge in [-0.1, -0.05) is 11.3 Å². The molecule has 3 aromatic rings. The molecule has 0 N–H and O–H groups in total. The second-order valence-corrected chi connectivity index (χ2v) is 4.99. The Hall–Kier alpha value is -2.23. The third-order valence-corrected chi connectivity index (χ3v) is 3.33. The predicted octanol–water partition coefficient (Wildman–Crippen LogP) is 2.92. The summed E-state index contributed by atoms with van der Waals surface area (Å²) in [6, 6.07) is 5.26. The van der Waals surface area contributed by atoms with Crippen molar-refractivity contribution in [3.63, 3.8) is 0 Å². The van der Waals surface area contributed by atoms with Gasteiger partial charge in [-0.3, -0.25) is 0 Å². The Labute approximate surface area is 118 Å². The van der Waals surface area contributed by atoms with E-state index in [0.717, 1.165) is 11.3 Å². The Morgan fingerprint density at radius 1 is 1.14 bits per heavy atom. The molecular formula is C11H6F4N4OS. The molecule has 0 amide bonds. The average molecular weight is 318 g/mol. The zero-order chi connectivity index (χ0) is 15.0. The molecule has 0 radical (unpaired) electrons. The van der Waals surface area contributed by atoms with Gasteiger partial charge in [0.2, 0.25) is 4.96 Å². The predicted molar refractivity (Wildman–Crippen MR) is 64.4 cm³/mol. The fraction of sp³-hybridized carbons (Fsp3) is 0.182. The van der Waals surface area contributed by atoms with E-state index in [1.54, 1.807) is 0 Å². The van der Waals surface area contributed by atoms with Crippen molar-refractivity contribution in [3.05, 3.63) is 40.9 Å². The number of halogens is 4. The lowest BCUT2D eigenvalue weighted by molar-refractivity contribution is -0.146. The minimum Gasteiger partial charge on any atom is -0.486 e. The second kappa shape index (κ2) is 4.95. The van der Waals surface area contributed by atoms with Crippen LogP contribution in [0.15, 0.2) is 24.3 Å². The molecule has 0 aliphatic rings. The molecule has 21 heavy (non-hydrogen) atoms. The number of rotatable bonds is 3. The third-order valence-electron chi connectivity index (χ3n) is 2.46. The van der Waals surface area contributed by atoms with Crippen LogP contribution < -0.4 is 4.74 Å². The van der Waals surface area contributed by atoms with Crippen molar-refractivity contribution in [2.24, 2.45) is 0 Å². The maximum absolute atomic E-state index is 12.7. The minimum absolute atomic E-state index is 0.0278. The molecule has 0 spiro atoms. The van der Waals surface area contributed by atoms with Crippen molar-refractivity contribution in [2.75, 3.05) is 0 Å². The number of ether oxygens (including phenoxy) is 1. The average Bonchev–Trinajstić information content (AvgIpc) is 2.96. The van der Waals surface area contributed by atoms with Gasteiger partial charge in [-0.15, -0.1) is 10.2 Å². The highest BCUT2D eigenvalue weighted by Gasteiger charge is 2.38. The molecule has 0 aliphatic heterocycles. The lowest BCUT2D eigenvalue weighted by Gasteiger charge is -2.03. The van der Waals surface area contributed by atoms with Crippen LogP contribution in [0.1, 0.15) is 10.8 Å². The largest absolute Gasteiger partial charge is 0.486 e. The Kier molecular flexibility index (Phi) is 3.24. The van der Waals surface area contributed by atoms with Crippen molar-refractivity contribution in [1.82, 2.24) is 19.8 Å². The first-order valence-corrected chi connectivity index (χ1v) is 6.42. The van der Waals surface area contributed by atoms with Crippen LogP contribution in [-0.2, 0) is 12.8 Å². The Balaban J connectivity index is 1.79. The first kappa shape index (κ1) is 13.7. The zero-order valence-corrected chi connectivity index (χ0v) is 11.0. The van der Waals surface area contributed by atoms with Crippen LogP contribution >= 0.6 is 11.3 Å². The molecule has 5 nitrogen and oxygen atoms in total. The summed E-state index contributed by atoms with van der Waals surface area (Å²) in [5, 5.41) is 10.5. The molecule has 2 aromatic heterocycles. The van der Waals surface area contributed by atoms with E-state index in [9.17, 15) is 17.6 Å². The molecule has 0 saturated heterocycles. The van der Waals surface area contributed by atoms with Crippen LogP contribution in [0, 0.1) is 5.82 Å². The van der Waals surface area contributed by atoms with Crippen LogP contribution in [0.3, 0.4) is 0 Å². The van der Waals surface area contributed by atoms with Crippen molar-refractivity contribution in [3.8, 4) is 5.75 Å². The van der Waals surface area contributed by atoms with E-state index in [1.165, 1.54) is 24.3 Å². The number of aromatic nitrogens is 4. The van der Waals surface area contributed by atoms with Crippen molar-refractivity contribution in [1.29, 1.82) is 0 Å². The molecule has 2 heterocycles. The summed E-state index contributed by atoms with van der Waals surface area (Å²) in [6.07, 6.45) is -4.62. The number of alkyl halides is 3. The van der Waals surface area contributed by atoms with Gasteiger partial charge in [-0.25, -0.2) is 4.39 Å². The lowest BCUT2D eigenvalue weighted by Crippen LogP contribution is -2.11. The maximum Gasteiger partial charge on any atom is 0.453 e. The van der Waals surface area contributed by atoms with Crippen molar-refractivity contribution >= 4 is 16.3 Å². The van der Waals surface area contributed by atoms with Gasteiger partial charge in [0.15, 0.2) is 5.01 Å². The number of hydrogen-bond donors (Lipinski definition) is 0. The number of hydrogen-bond acceptors (Lipinski definition) is 5. The number of nitrogens with zero attached hydrogens (tertiary/aromatic N) is 4. The number of fused-ring (bicyclic) bond motifs is 1. The summed E-state index contributed by atoms with van der Waals surface area (Å²) >= 11 is 0.936. The normalized spacial score (nSPS) is 12.0. The highest BCUT2D eigenvalue weighted by molar-refractivity contribution is 7.16. The van der Waals surface area contributed by atoms with E-state index >= 15 is 0 Å². The summed E-state index contributed by atoms with van der Waals surface area (Å²) in [4.78, 5) is 0.0278. The molecule has 0 unspecified atom stereocenters. The molecule has 10 heteroatoms. The van der Waals surface area contributed by atoms with Gasteiger partial charge >= 0.3 is 6.18 Å². The van der Waals surface area contributed by atoms with Crippen LogP contribution in [0.25, 0.3) is 4.96 Å². The molecule has 0 fully saturated rings. The van der Waals surface area contributed by atoms with Crippen LogP contribution in [-0.4, -0.2) is 19.8 Å². The standard InChI is InChI=1S/C11H6F4N4OS/c12-6-1-3-7(4-2-6)20-5-8-18-19-9(11(13,14)15)16-17-10(19)21-8/h1-4H,5H2. The molecule has 0 saturated carbocycles. The van der Waals surface area contributed by atoms with E-state index in [2.05, 4.69) is 15.3 Å². The van der Waals surface area contributed by atoms with Crippen molar-refractivity contribution < 1.29 is 22.3 Å². The highest BCUT2D eigenvalue weighted by atomic mass is 32.1. The molecule has 1 aromatic carbocycles. The number of benzene rings is 1.